The van der Waals surface area contributed by atoms with Crippen molar-refractivity contribution in [3.63, 3.8) is 0 Å². The summed E-state index contributed by atoms with van der Waals surface area (Å²) in [5.41, 5.74) is 0.587. The standard InChI is InChI=1S/C12H11FN2O3/c1-15(6-8-3-2-4-9(13)5-8)12-14-10(7-18-12)11(16)17/h2-5,7H,6H2,1H3,(H,16,17). The summed E-state index contributed by atoms with van der Waals surface area (Å²) in [6.45, 7) is 0.372. The second kappa shape index (κ2) is 4.87. The first-order chi connectivity index (χ1) is 8.56. The van der Waals surface area contributed by atoms with Crippen LogP contribution in [0.25, 0.3) is 0 Å². The quantitative estimate of drug-likeness (QED) is 0.900. The van der Waals surface area contributed by atoms with Gasteiger partial charge in [0.2, 0.25) is 0 Å². The summed E-state index contributed by atoms with van der Waals surface area (Å²) < 4.78 is 18.0. The normalized spacial score (nSPS) is 10.3. The van der Waals surface area contributed by atoms with Crippen molar-refractivity contribution in [2.75, 3.05) is 11.9 Å². The van der Waals surface area contributed by atoms with Crippen molar-refractivity contribution < 1.29 is 18.7 Å². The van der Waals surface area contributed by atoms with Gasteiger partial charge in [-0.15, -0.1) is 0 Å². The second-order valence-corrected chi connectivity index (χ2v) is 3.81. The van der Waals surface area contributed by atoms with Gasteiger partial charge in [0.15, 0.2) is 5.69 Å². The summed E-state index contributed by atoms with van der Waals surface area (Å²) in [4.78, 5) is 16.0. The third kappa shape index (κ3) is 2.65. The van der Waals surface area contributed by atoms with E-state index in [0.29, 0.717) is 6.54 Å². The minimum Gasteiger partial charge on any atom is -0.476 e. The number of anilines is 1. The Morgan fingerprint density at radius 1 is 1.56 bits per heavy atom. The molecule has 0 atom stereocenters. The molecule has 1 aromatic heterocycles. The van der Waals surface area contributed by atoms with Gasteiger partial charge in [-0.05, 0) is 17.7 Å². The van der Waals surface area contributed by atoms with Gasteiger partial charge in [0.1, 0.15) is 12.1 Å². The molecule has 2 rings (SSSR count). The third-order valence-corrected chi connectivity index (χ3v) is 2.35. The number of hydrogen-bond donors (Lipinski definition) is 1. The maximum absolute atomic E-state index is 13.0. The van der Waals surface area contributed by atoms with Crippen LogP contribution in [0.15, 0.2) is 34.9 Å². The van der Waals surface area contributed by atoms with Gasteiger partial charge in [-0.2, -0.15) is 4.98 Å². The maximum Gasteiger partial charge on any atom is 0.357 e. The molecule has 94 valence electrons. The van der Waals surface area contributed by atoms with Crippen molar-refractivity contribution in [2.45, 2.75) is 6.54 Å². The van der Waals surface area contributed by atoms with Crippen LogP contribution in [0.5, 0.6) is 0 Å². The zero-order valence-electron chi connectivity index (χ0n) is 9.63. The highest BCUT2D eigenvalue weighted by Gasteiger charge is 2.13. The fourth-order valence-corrected chi connectivity index (χ4v) is 1.51. The van der Waals surface area contributed by atoms with Gasteiger partial charge < -0.3 is 14.4 Å². The van der Waals surface area contributed by atoms with Gasteiger partial charge in [0, 0.05) is 13.6 Å². The Bertz CT molecular complexity index is 568. The molecule has 0 saturated carbocycles. The van der Waals surface area contributed by atoms with E-state index in [1.54, 1.807) is 24.1 Å². The lowest BCUT2D eigenvalue weighted by molar-refractivity contribution is 0.0690. The van der Waals surface area contributed by atoms with Crippen LogP contribution in [0.1, 0.15) is 16.1 Å². The zero-order valence-corrected chi connectivity index (χ0v) is 9.63. The molecule has 0 aliphatic carbocycles. The zero-order chi connectivity index (χ0) is 13.1. The molecule has 5 nitrogen and oxygen atoms in total. The van der Waals surface area contributed by atoms with E-state index in [2.05, 4.69) is 4.98 Å². The molecule has 0 aliphatic rings. The van der Waals surface area contributed by atoms with Gasteiger partial charge >= 0.3 is 5.97 Å². The largest absolute Gasteiger partial charge is 0.476 e. The van der Waals surface area contributed by atoms with E-state index in [1.165, 1.54) is 12.1 Å². The summed E-state index contributed by atoms with van der Waals surface area (Å²) in [7, 11) is 1.68. The molecule has 1 N–H and O–H groups in total. The number of carboxylic acids is 1. The van der Waals surface area contributed by atoms with E-state index in [0.717, 1.165) is 11.8 Å². The fourth-order valence-electron chi connectivity index (χ4n) is 1.51. The number of benzene rings is 1. The molecule has 0 amide bonds. The Balaban J connectivity index is 2.11. The minimum absolute atomic E-state index is 0.156. The topological polar surface area (TPSA) is 66.6 Å². The molecule has 0 aliphatic heterocycles. The van der Waals surface area contributed by atoms with E-state index in [9.17, 15) is 9.18 Å². The van der Waals surface area contributed by atoms with Crippen LogP contribution in [0.2, 0.25) is 0 Å². The van der Waals surface area contributed by atoms with Crippen LogP contribution in [-0.4, -0.2) is 23.1 Å². The number of rotatable bonds is 4. The minimum atomic E-state index is -1.15. The SMILES string of the molecule is CN(Cc1cccc(F)c1)c1nc(C(=O)O)co1. The first kappa shape index (κ1) is 12.1. The van der Waals surface area contributed by atoms with E-state index >= 15 is 0 Å². The first-order valence-electron chi connectivity index (χ1n) is 5.20. The summed E-state index contributed by atoms with van der Waals surface area (Å²) in [6, 6.07) is 6.31. The molecule has 0 unspecified atom stereocenters. The number of carboxylic acid groups (broad SMARTS) is 1. The monoisotopic (exact) mass is 250 g/mol. The first-order valence-corrected chi connectivity index (χ1v) is 5.20. The Labute approximate surface area is 102 Å². The van der Waals surface area contributed by atoms with Gasteiger partial charge in [-0.25, -0.2) is 9.18 Å². The number of aromatic nitrogens is 1. The summed E-state index contributed by atoms with van der Waals surface area (Å²) >= 11 is 0. The fraction of sp³-hybridized carbons (Fsp3) is 0.167. The Morgan fingerprint density at radius 2 is 2.33 bits per heavy atom. The molecular formula is C12H11FN2O3. The van der Waals surface area contributed by atoms with Crippen molar-refractivity contribution in [1.29, 1.82) is 0 Å². The molecule has 2 aromatic rings. The van der Waals surface area contributed by atoms with Crippen molar-refractivity contribution >= 4 is 12.0 Å². The van der Waals surface area contributed by atoms with Crippen LogP contribution in [-0.2, 0) is 6.54 Å². The maximum atomic E-state index is 13.0. The molecule has 0 spiro atoms. The predicted molar refractivity (Wildman–Crippen MR) is 62.0 cm³/mol. The predicted octanol–water partition coefficient (Wildman–Crippen LogP) is 2.15. The second-order valence-electron chi connectivity index (χ2n) is 3.81. The van der Waals surface area contributed by atoms with Crippen molar-refractivity contribution in [1.82, 2.24) is 4.98 Å². The molecule has 18 heavy (non-hydrogen) atoms. The number of oxazole rings is 1. The van der Waals surface area contributed by atoms with Crippen LogP contribution in [0.4, 0.5) is 10.4 Å². The summed E-state index contributed by atoms with van der Waals surface area (Å²) in [5, 5.41) is 8.72. The number of carbonyl (C=O) groups is 1. The Morgan fingerprint density at radius 3 is 2.94 bits per heavy atom. The van der Waals surface area contributed by atoms with E-state index in [4.69, 9.17) is 9.52 Å². The van der Waals surface area contributed by atoms with Gasteiger partial charge in [0.05, 0.1) is 0 Å². The molecule has 0 saturated heterocycles. The lowest BCUT2D eigenvalue weighted by atomic mass is 10.2. The molecular weight excluding hydrogens is 239 g/mol. The lowest BCUT2D eigenvalue weighted by Crippen LogP contribution is -2.17. The molecule has 1 aromatic carbocycles. The lowest BCUT2D eigenvalue weighted by Gasteiger charge is -2.14. The number of aromatic carboxylic acids is 1. The average molecular weight is 250 g/mol. The molecule has 0 fully saturated rings. The number of nitrogens with zero attached hydrogens (tertiary/aromatic N) is 2. The number of hydrogen-bond acceptors (Lipinski definition) is 4. The van der Waals surface area contributed by atoms with Gasteiger partial charge in [-0.1, -0.05) is 12.1 Å². The van der Waals surface area contributed by atoms with E-state index in [1.807, 2.05) is 0 Å². The molecule has 0 bridgehead atoms. The average Bonchev–Trinajstić information content (AvgIpc) is 2.78. The van der Waals surface area contributed by atoms with Crippen molar-refractivity contribution in [2.24, 2.45) is 0 Å². The van der Waals surface area contributed by atoms with Crippen molar-refractivity contribution in [3.05, 3.63) is 47.6 Å². The van der Waals surface area contributed by atoms with E-state index in [-0.39, 0.29) is 17.5 Å². The third-order valence-electron chi connectivity index (χ3n) is 2.35. The van der Waals surface area contributed by atoms with E-state index < -0.39 is 5.97 Å². The van der Waals surface area contributed by atoms with Crippen LogP contribution in [0, 0.1) is 5.82 Å². The van der Waals surface area contributed by atoms with Crippen LogP contribution in [0.3, 0.4) is 0 Å². The molecule has 6 heteroatoms. The van der Waals surface area contributed by atoms with Crippen molar-refractivity contribution in [3.8, 4) is 0 Å². The van der Waals surface area contributed by atoms with Gasteiger partial charge in [0.25, 0.3) is 6.01 Å². The highest BCUT2D eigenvalue weighted by molar-refractivity contribution is 5.85. The molecule has 1 heterocycles. The van der Waals surface area contributed by atoms with Crippen LogP contribution < -0.4 is 4.90 Å². The van der Waals surface area contributed by atoms with Crippen LogP contribution >= 0.6 is 0 Å². The number of halogens is 1. The molecule has 0 radical (unpaired) electrons. The summed E-state index contributed by atoms with van der Waals surface area (Å²) in [6.07, 6.45) is 1.07. The smallest absolute Gasteiger partial charge is 0.357 e. The summed E-state index contributed by atoms with van der Waals surface area (Å²) in [5.74, 6) is -1.47. The highest BCUT2D eigenvalue weighted by Crippen LogP contribution is 2.15. The van der Waals surface area contributed by atoms with Gasteiger partial charge in [-0.3, -0.25) is 0 Å². The Hall–Kier alpha value is -2.37. The Kier molecular flexibility index (Phi) is 3.27. The highest BCUT2D eigenvalue weighted by atomic mass is 19.1.